The van der Waals surface area contributed by atoms with Gasteiger partial charge in [-0.2, -0.15) is 0 Å². The molecule has 2 aliphatic heterocycles. The van der Waals surface area contributed by atoms with Crippen LogP contribution in [0.25, 0.3) is 46.4 Å². The van der Waals surface area contributed by atoms with Gasteiger partial charge in [0.25, 0.3) is 0 Å². The molecule has 1 aromatic carbocycles. The van der Waals surface area contributed by atoms with Crippen molar-refractivity contribution in [2.75, 3.05) is 0 Å². The SMILES string of the molecule is C1=Cc2cc3ccc(cc4nc(cc5ccc(cc1n2)[nH]5)C=C4)[nH]3.O=[S](=O)(O)[Zn][c]1ccccc1. The van der Waals surface area contributed by atoms with E-state index in [4.69, 9.17) is 4.55 Å². The predicted octanol–water partition coefficient (Wildman–Crippen LogP) is 4.85. The first-order valence-corrected chi connectivity index (χ1v) is 17.6. The molecule has 0 amide bonds. The first-order chi connectivity index (χ1) is 16.9. The summed E-state index contributed by atoms with van der Waals surface area (Å²) in [6, 6.07) is 25.2. The van der Waals surface area contributed by atoms with Gasteiger partial charge in [0.15, 0.2) is 0 Å². The molecule has 6 rings (SSSR count). The Labute approximate surface area is 208 Å². The average Bonchev–Trinajstić information content (AvgIpc) is 3.60. The fraction of sp³-hybridized carbons (Fsp3) is 0. The molecule has 8 bridgehead atoms. The van der Waals surface area contributed by atoms with Crippen molar-refractivity contribution in [3.63, 3.8) is 0 Å². The third-order valence-electron chi connectivity index (χ3n) is 5.23. The molecule has 9 heteroatoms. The van der Waals surface area contributed by atoms with Crippen molar-refractivity contribution in [1.29, 1.82) is 0 Å². The normalized spacial score (nSPS) is 12.0. The third kappa shape index (κ3) is 6.48. The van der Waals surface area contributed by atoms with Crippen molar-refractivity contribution in [1.82, 2.24) is 19.9 Å². The van der Waals surface area contributed by atoms with Gasteiger partial charge in [0, 0.05) is 22.1 Å². The summed E-state index contributed by atoms with van der Waals surface area (Å²) >= 11 is -1.98. The molecule has 4 aromatic rings. The van der Waals surface area contributed by atoms with Crippen LogP contribution in [-0.4, -0.2) is 32.9 Å². The Balaban J connectivity index is 0.000000195. The van der Waals surface area contributed by atoms with Crippen molar-refractivity contribution >= 4 is 58.6 Å². The fourth-order valence-electron chi connectivity index (χ4n) is 3.73. The van der Waals surface area contributed by atoms with Gasteiger partial charge in [-0.1, -0.05) is 0 Å². The monoisotopic (exact) mass is 532 g/mol. The molecule has 170 valence electrons. The zero-order chi connectivity index (χ0) is 24.3. The van der Waals surface area contributed by atoms with E-state index in [1.54, 1.807) is 24.3 Å². The molecule has 0 aliphatic carbocycles. The van der Waals surface area contributed by atoms with Gasteiger partial charge in [-0.25, -0.2) is 9.97 Å². The van der Waals surface area contributed by atoms with Gasteiger partial charge in [0.05, 0.1) is 22.8 Å². The standard InChI is InChI=1S/C20H14N4.C6H5.HO3S.Zn/c1-2-14-10-16-5-6-18(23-16)12-20-8-7-19(24-20)11-17-4-3-15(22-17)9-13(1)21-14;1-2-4-6-5-3-1;1-4(2)3;/h1-12,21,24H;1-5H;(H,1,2,3);. The van der Waals surface area contributed by atoms with Crippen LogP contribution in [0.15, 0.2) is 78.9 Å². The molecule has 5 heterocycles. The van der Waals surface area contributed by atoms with Crippen LogP contribution >= 0.6 is 0 Å². The molecular formula is C26H20N4O3SZn. The topological polar surface area (TPSA) is 112 Å². The van der Waals surface area contributed by atoms with Gasteiger partial charge in [-0.3, -0.25) is 0 Å². The second kappa shape index (κ2) is 9.92. The van der Waals surface area contributed by atoms with Gasteiger partial charge < -0.3 is 9.97 Å². The summed E-state index contributed by atoms with van der Waals surface area (Å²) in [4.78, 5) is 16.0. The van der Waals surface area contributed by atoms with E-state index in [0.717, 1.165) is 49.0 Å². The molecule has 0 atom stereocenters. The van der Waals surface area contributed by atoms with E-state index in [2.05, 4.69) is 44.2 Å². The van der Waals surface area contributed by atoms with E-state index in [0.29, 0.717) is 0 Å². The summed E-state index contributed by atoms with van der Waals surface area (Å²) in [6.45, 7) is 0. The molecule has 3 N–H and O–H groups in total. The molecule has 0 fully saturated rings. The van der Waals surface area contributed by atoms with Crippen LogP contribution in [0.3, 0.4) is 0 Å². The van der Waals surface area contributed by atoms with E-state index in [1.807, 2.05) is 54.6 Å². The van der Waals surface area contributed by atoms with Crippen molar-refractivity contribution in [3.8, 4) is 0 Å². The van der Waals surface area contributed by atoms with Gasteiger partial charge in [0.1, 0.15) is 0 Å². The summed E-state index contributed by atoms with van der Waals surface area (Å²) < 4.78 is 30.2. The van der Waals surface area contributed by atoms with E-state index in [1.165, 1.54) is 0 Å². The molecule has 0 radical (unpaired) electrons. The number of nitrogens with zero attached hydrogens (tertiary/aromatic N) is 2. The molecule has 0 unspecified atom stereocenters. The Morgan fingerprint density at radius 1 is 0.600 bits per heavy atom. The summed E-state index contributed by atoms with van der Waals surface area (Å²) in [5.41, 5.74) is 7.86. The zero-order valence-electron chi connectivity index (χ0n) is 18.6. The Kier molecular flexibility index (Phi) is 6.55. The van der Waals surface area contributed by atoms with E-state index < -0.39 is 24.0 Å². The van der Waals surface area contributed by atoms with Crippen LogP contribution in [0.5, 0.6) is 0 Å². The van der Waals surface area contributed by atoms with Gasteiger partial charge in [-0.05, 0) is 72.8 Å². The van der Waals surface area contributed by atoms with Crippen LogP contribution in [0, 0.1) is 0 Å². The van der Waals surface area contributed by atoms with Crippen LogP contribution in [0.2, 0.25) is 0 Å². The summed E-state index contributed by atoms with van der Waals surface area (Å²) in [5, 5.41) is 0. The minimum absolute atomic E-state index is 0.780. The average molecular weight is 534 g/mol. The fourth-order valence-corrected chi connectivity index (χ4v) is 8.78. The first kappa shape index (κ1) is 23.1. The van der Waals surface area contributed by atoms with Crippen LogP contribution in [0.4, 0.5) is 0 Å². The Morgan fingerprint density at radius 2 is 0.971 bits per heavy atom. The number of rotatable bonds is 2. The number of aromatic nitrogens is 4. The Hall–Kier alpha value is -3.65. The third-order valence-corrected chi connectivity index (χ3v) is 11.3. The molecule has 35 heavy (non-hydrogen) atoms. The van der Waals surface area contributed by atoms with E-state index in [-0.39, 0.29) is 0 Å². The van der Waals surface area contributed by atoms with Crippen LogP contribution in [-0.2, 0) is 24.0 Å². The number of fused-ring (bicyclic) bond motifs is 8. The Bertz CT molecular complexity index is 1530. The maximum atomic E-state index is 10.4. The molecule has 2 aliphatic rings. The number of nitrogens with one attached hydrogen (secondary N) is 2. The molecule has 0 saturated carbocycles. The van der Waals surface area contributed by atoms with Gasteiger partial charge in [0.2, 0.25) is 0 Å². The number of benzene rings is 1. The zero-order valence-corrected chi connectivity index (χ0v) is 22.4. The molecular weight excluding hydrogens is 514 g/mol. The second-order valence-corrected chi connectivity index (χ2v) is 17.7. The summed E-state index contributed by atoms with van der Waals surface area (Å²) in [5.74, 6) is 0. The Morgan fingerprint density at radius 3 is 1.31 bits per heavy atom. The number of aromatic amines is 2. The van der Waals surface area contributed by atoms with E-state index in [9.17, 15) is 8.42 Å². The predicted molar refractivity (Wildman–Crippen MR) is 136 cm³/mol. The van der Waals surface area contributed by atoms with Crippen LogP contribution in [0.1, 0.15) is 22.8 Å². The minimum atomic E-state index is -3.69. The first-order valence-electron chi connectivity index (χ1n) is 10.9. The van der Waals surface area contributed by atoms with Crippen molar-refractivity contribution < 1.29 is 28.9 Å². The summed E-state index contributed by atoms with van der Waals surface area (Å²) in [7, 11) is -3.69. The second-order valence-electron chi connectivity index (χ2n) is 8.12. The maximum absolute atomic E-state index is 10.4. The number of H-pyrrole nitrogens is 2. The van der Waals surface area contributed by atoms with Gasteiger partial charge >= 0.3 is 71.5 Å². The summed E-state index contributed by atoms with van der Waals surface area (Å²) in [6.07, 6.45) is 8.09. The van der Waals surface area contributed by atoms with Crippen LogP contribution < -0.4 is 4.16 Å². The molecule has 3 aromatic heterocycles. The number of hydrogen-bond acceptors (Lipinski definition) is 4. The molecule has 0 spiro atoms. The molecule has 7 nitrogen and oxygen atoms in total. The number of hydrogen-bond donors (Lipinski definition) is 3. The van der Waals surface area contributed by atoms with Gasteiger partial charge in [-0.15, -0.1) is 0 Å². The molecule has 0 saturated heterocycles. The van der Waals surface area contributed by atoms with Crippen molar-refractivity contribution in [2.45, 2.75) is 0 Å². The van der Waals surface area contributed by atoms with E-state index >= 15 is 0 Å². The van der Waals surface area contributed by atoms with Crippen molar-refractivity contribution in [3.05, 3.63) is 102 Å². The quantitative estimate of drug-likeness (QED) is 0.217. The van der Waals surface area contributed by atoms with Crippen molar-refractivity contribution in [2.24, 2.45) is 0 Å².